The molecule has 0 spiro atoms. The monoisotopic (exact) mass is 227 g/mol. The largest absolute Gasteiger partial charge is 0.300 e. The normalized spacial score (nSPS) is 22.8. The zero-order valence-corrected chi connectivity index (χ0v) is 10.4. The minimum absolute atomic E-state index is 0.0529. The summed E-state index contributed by atoms with van der Waals surface area (Å²) in [7, 11) is 0. The molecule has 0 aromatic heterocycles. The highest BCUT2D eigenvalue weighted by atomic mass is 16.2. The third-order valence-corrected chi connectivity index (χ3v) is 3.48. The van der Waals surface area contributed by atoms with Crippen LogP contribution in [0.3, 0.4) is 0 Å². The average Bonchev–Trinajstić information content (AvgIpc) is 2.53. The summed E-state index contributed by atoms with van der Waals surface area (Å²) in [6.07, 6.45) is 8.03. The van der Waals surface area contributed by atoms with Crippen molar-refractivity contribution in [2.75, 3.05) is 13.1 Å². The number of carbonyl (C=O) groups is 1. The van der Waals surface area contributed by atoms with Gasteiger partial charge in [-0.25, -0.2) is 5.84 Å². The molecule has 0 aromatic rings. The number of hydrogen-bond donors (Lipinski definition) is 2. The summed E-state index contributed by atoms with van der Waals surface area (Å²) in [4.78, 5) is 13.6. The zero-order chi connectivity index (χ0) is 11.8. The lowest BCUT2D eigenvalue weighted by Gasteiger charge is -2.28. The first-order valence-corrected chi connectivity index (χ1v) is 6.51. The predicted molar refractivity (Wildman–Crippen MR) is 65.7 cm³/mol. The molecule has 94 valence electrons. The fourth-order valence-electron chi connectivity index (χ4n) is 2.51. The van der Waals surface area contributed by atoms with E-state index in [1.807, 2.05) is 0 Å². The van der Waals surface area contributed by atoms with E-state index in [1.165, 1.54) is 38.6 Å². The number of nitrogens with two attached hydrogens (primary N) is 1. The Morgan fingerprint density at radius 3 is 2.94 bits per heavy atom. The van der Waals surface area contributed by atoms with Gasteiger partial charge in [0.05, 0.1) is 0 Å². The second kappa shape index (κ2) is 7.63. The first-order chi connectivity index (χ1) is 7.77. The summed E-state index contributed by atoms with van der Waals surface area (Å²) in [5.74, 6) is 5.00. The Morgan fingerprint density at radius 2 is 2.25 bits per heavy atom. The van der Waals surface area contributed by atoms with Crippen LogP contribution in [0.5, 0.6) is 0 Å². The fraction of sp³-hybridized carbons (Fsp3) is 0.917. The minimum atomic E-state index is -0.0529. The highest BCUT2D eigenvalue weighted by Crippen LogP contribution is 2.19. The van der Waals surface area contributed by atoms with Crippen molar-refractivity contribution in [1.82, 2.24) is 10.3 Å². The van der Waals surface area contributed by atoms with Gasteiger partial charge in [-0.3, -0.25) is 10.2 Å². The number of nitrogens with one attached hydrogen (secondary N) is 1. The van der Waals surface area contributed by atoms with Crippen LogP contribution in [0.4, 0.5) is 0 Å². The molecule has 1 aliphatic heterocycles. The zero-order valence-electron chi connectivity index (χ0n) is 10.4. The second-order valence-corrected chi connectivity index (χ2v) is 4.62. The van der Waals surface area contributed by atoms with E-state index in [2.05, 4.69) is 17.2 Å². The summed E-state index contributed by atoms with van der Waals surface area (Å²) >= 11 is 0. The van der Waals surface area contributed by atoms with Gasteiger partial charge in [0, 0.05) is 12.5 Å². The van der Waals surface area contributed by atoms with Crippen molar-refractivity contribution in [2.24, 2.45) is 5.84 Å². The Hall–Kier alpha value is -0.610. The molecule has 1 fully saturated rings. The molecule has 0 aliphatic carbocycles. The van der Waals surface area contributed by atoms with Gasteiger partial charge >= 0.3 is 0 Å². The number of nitrogens with zero attached hydrogens (tertiary/aromatic N) is 1. The quantitative estimate of drug-likeness (QED) is 0.424. The Morgan fingerprint density at radius 1 is 1.44 bits per heavy atom. The van der Waals surface area contributed by atoms with Crippen molar-refractivity contribution in [3.8, 4) is 0 Å². The van der Waals surface area contributed by atoms with E-state index in [9.17, 15) is 4.79 Å². The molecule has 1 unspecified atom stereocenters. The van der Waals surface area contributed by atoms with Crippen LogP contribution in [0, 0.1) is 0 Å². The second-order valence-electron chi connectivity index (χ2n) is 4.62. The van der Waals surface area contributed by atoms with Crippen molar-refractivity contribution < 1.29 is 4.79 Å². The fourth-order valence-corrected chi connectivity index (χ4v) is 2.51. The molecule has 16 heavy (non-hydrogen) atoms. The van der Waals surface area contributed by atoms with Crippen LogP contribution < -0.4 is 11.3 Å². The highest BCUT2D eigenvalue weighted by molar-refractivity contribution is 5.75. The number of rotatable bonds is 5. The Bertz CT molecular complexity index is 208. The molecule has 4 heteroatoms. The molecule has 0 aromatic carbocycles. The summed E-state index contributed by atoms with van der Waals surface area (Å²) in [6.45, 7) is 4.49. The lowest BCUT2D eigenvalue weighted by Crippen LogP contribution is -2.36. The van der Waals surface area contributed by atoms with Gasteiger partial charge in [-0.2, -0.15) is 0 Å². The van der Waals surface area contributed by atoms with E-state index in [0.29, 0.717) is 6.42 Å². The van der Waals surface area contributed by atoms with Crippen LogP contribution >= 0.6 is 0 Å². The predicted octanol–water partition coefficient (Wildman–Crippen LogP) is 1.41. The molecule has 3 N–H and O–H groups in total. The highest BCUT2D eigenvalue weighted by Gasteiger charge is 2.18. The molecule has 1 amide bonds. The maximum atomic E-state index is 11.0. The van der Waals surface area contributed by atoms with Gasteiger partial charge in [0.25, 0.3) is 0 Å². The number of hydrazine groups is 1. The average molecular weight is 227 g/mol. The van der Waals surface area contributed by atoms with E-state index in [-0.39, 0.29) is 5.91 Å². The van der Waals surface area contributed by atoms with Gasteiger partial charge in [-0.15, -0.1) is 0 Å². The third-order valence-electron chi connectivity index (χ3n) is 3.48. The van der Waals surface area contributed by atoms with E-state index in [4.69, 9.17) is 5.84 Å². The van der Waals surface area contributed by atoms with Crippen LogP contribution in [0.2, 0.25) is 0 Å². The number of hydrogen-bond acceptors (Lipinski definition) is 3. The molecular formula is C12H25N3O. The number of amides is 1. The third kappa shape index (κ3) is 4.49. The van der Waals surface area contributed by atoms with Gasteiger partial charge in [-0.1, -0.05) is 19.8 Å². The molecule has 1 rings (SSSR count). The van der Waals surface area contributed by atoms with Gasteiger partial charge in [0.2, 0.25) is 5.91 Å². The van der Waals surface area contributed by atoms with Gasteiger partial charge in [0.15, 0.2) is 0 Å². The summed E-state index contributed by atoms with van der Waals surface area (Å²) in [6, 6.07) is 0.725. The smallest absolute Gasteiger partial charge is 0.233 e. The van der Waals surface area contributed by atoms with Gasteiger partial charge < -0.3 is 4.90 Å². The molecule has 4 nitrogen and oxygen atoms in total. The Labute approximate surface area is 98.5 Å². The first-order valence-electron chi connectivity index (χ1n) is 6.51. The summed E-state index contributed by atoms with van der Waals surface area (Å²) in [5, 5.41) is 0. The maximum absolute atomic E-state index is 11.0. The summed E-state index contributed by atoms with van der Waals surface area (Å²) < 4.78 is 0. The van der Waals surface area contributed by atoms with Gasteiger partial charge in [0.1, 0.15) is 0 Å². The number of likely N-dealkylation sites (tertiary alicyclic amines) is 1. The SMILES string of the molecule is CCC1CCCCCN1CCCC(=O)NN. The van der Waals surface area contributed by atoms with Crippen molar-refractivity contribution in [1.29, 1.82) is 0 Å². The van der Waals surface area contributed by atoms with Gasteiger partial charge in [-0.05, 0) is 38.8 Å². The number of carbonyl (C=O) groups excluding carboxylic acids is 1. The van der Waals surface area contributed by atoms with E-state index in [1.54, 1.807) is 0 Å². The van der Waals surface area contributed by atoms with Crippen molar-refractivity contribution >= 4 is 5.91 Å². The molecule has 1 saturated heterocycles. The topological polar surface area (TPSA) is 58.4 Å². The van der Waals surface area contributed by atoms with Crippen LogP contribution in [0.15, 0.2) is 0 Å². The van der Waals surface area contributed by atoms with Crippen molar-refractivity contribution in [2.45, 2.75) is 57.9 Å². The van der Waals surface area contributed by atoms with Crippen molar-refractivity contribution in [3.05, 3.63) is 0 Å². The molecule has 1 heterocycles. The van der Waals surface area contributed by atoms with Crippen LogP contribution in [0.1, 0.15) is 51.9 Å². The summed E-state index contributed by atoms with van der Waals surface area (Å²) in [5.41, 5.74) is 2.18. The molecule has 0 saturated carbocycles. The Kier molecular flexibility index (Phi) is 6.42. The van der Waals surface area contributed by atoms with E-state index in [0.717, 1.165) is 19.0 Å². The van der Waals surface area contributed by atoms with Crippen LogP contribution in [-0.4, -0.2) is 29.9 Å². The molecule has 1 atom stereocenters. The molecular weight excluding hydrogens is 202 g/mol. The minimum Gasteiger partial charge on any atom is -0.300 e. The van der Waals surface area contributed by atoms with E-state index < -0.39 is 0 Å². The van der Waals surface area contributed by atoms with E-state index >= 15 is 0 Å². The first kappa shape index (κ1) is 13.5. The maximum Gasteiger partial charge on any atom is 0.233 e. The Balaban J connectivity index is 2.28. The van der Waals surface area contributed by atoms with Crippen molar-refractivity contribution in [3.63, 3.8) is 0 Å². The lowest BCUT2D eigenvalue weighted by atomic mass is 10.1. The standard InChI is InChI=1S/C12H25N3O/c1-2-11-7-4-3-5-9-15(11)10-6-8-12(16)14-13/h11H,2-10,13H2,1H3,(H,14,16). The molecule has 0 radical (unpaired) electrons. The van der Waals surface area contributed by atoms with Crippen LogP contribution in [0.25, 0.3) is 0 Å². The van der Waals surface area contributed by atoms with Crippen LogP contribution in [-0.2, 0) is 4.79 Å². The molecule has 1 aliphatic rings. The lowest BCUT2D eigenvalue weighted by molar-refractivity contribution is -0.121. The molecule has 0 bridgehead atoms.